The predicted octanol–water partition coefficient (Wildman–Crippen LogP) is 2.03. The number of aryl methyl sites for hydroxylation is 1. The summed E-state index contributed by atoms with van der Waals surface area (Å²) >= 11 is 0. The van der Waals surface area contributed by atoms with Crippen LogP contribution in [0.25, 0.3) is 0 Å². The summed E-state index contributed by atoms with van der Waals surface area (Å²) in [5.41, 5.74) is 3.23. The number of carbonyl (C=O) groups excluding carboxylic acids is 1. The zero-order valence-corrected chi connectivity index (χ0v) is 14.2. The van der Waals surface area contributed by atoms with Crippen LogP contribution in [0.2, 0.25) is 0 Å². The summed E-state index contributed by atoms with van der Waals surface area (Å²) in [6.07, 6.45) is 0. The Kier molecular flexibility index (Phi) is 3.96. The second kappa shape index (κ2) is 5.83. The van der Waals surface area contributed by atoms with Gasteiger partial charge in [-0.2, -0.15) is 8.42 Å². The van der Waals surface area contributed by atoms with Crippen LogP contribution in [0.4, 0.5) is 5.69 Å². The maximum Gasteiger partial charge on any atom is 0.326 e. The van der Waals surface area contributed by atoms with Crippen LogP contribution in [0, 0.1) is 6.92 Å². The molecule has 3 rings (SSSR count). The molecule has 7 heteroatoms. The molecule has 0 spiro atoms. The molecule has 1 aliphatic heterocycles. The van der Waals surface area contributed by atoms with Crippen molar-refractivity contribution in [2.45, 2.75) is 19.8 Å². The largest absolute Gasteiger partial charge is 0.506 e. The molecule has 1 fully saturated rings. The maximum absolute atomic E-state index is 11.9. The van der Waals surface area contributed by atoms with Crippen molar-refractivity contribution < 1.29 is 18.3 Å². The monoisotopic (exact) mass is 346 g/mol. The molecule has 126 valence electrons. The van der Waals surface area contributed by atoms with Gasteiger partial charge in [0.15, 0.2) is 0 Å². The van der Waals surface area contributed by atoms with Gasteiger partial charge in [0.25, 0.3) is 5.91 Å². The molecule has 0 aromatic heterocycles. The van der Waals surface area contributed by atoms with E-state index in [1.54, 1.807) is 12.1 Å². The number of amides is 1. The van der Waals surface area contributed by atoms with Gasteiger partial charge in [0.2, 0.25) is 0 Å². The summed E-state index contributed by atoms with van der Waals surface area (Å²) in [6, 6.07) is 12.8. The highest BCUT2D eigenvalue weighted by atomic mass is 32.2. The fraction of sp³-hybridized carbons (Fsp3) is 0.235. The lowest BCUT2D eigenvalue weighted by atomic mass is 9.90. The number of rotatable bonds is 3. The molecule has 24 heavy (non-hydrogen) atoms. The first-order chi connectivity index (χ1) is 11.3. The molecule has 0 saturated carbocycles. The second-order valence-electron chi connectivity index (χ2n) is 5.86. The number of nitrogens with zero attached hydrogens (tertiary/aromatic N) is 1. The van der Waals surface area contributed by atoms with E-state index in [4.69, 9.17) is 0 Å². The molecule has 2 N–H and O–H groups in total. The summed E-state index contributed by atoms with van der Waals surface area (Å²) < 4.78 is 26.5. The predicted molar refractivity (Wildman–Crippen MR) is 91.2 cm³/mol. The van der Waals surface area contributed by atoms with Crippen molar-refractivity contribution in [3.8, 4) is 5.75 Å². The van der Waals surface area contributed by atoms with E-state index < -0.39 is 16.1 Å². The number of carbonyl (C=O) groups is 1. The van der Waals surface area contributed by atoms with Crippen molar-refractivity contribution in [3.63, 3.8) is 0 Å². The molecule has 1 amide bonds. The minimum Gasteiger partial charge on any atom is -0.506 e. The van der Waals surface area contributed by atoms with Crippen LogP contribution in [0.3, 0.4) is 0 Å². The molecule has 2 aromatic rings. The van der Waals surface area contributed by atoms with Crippen LogP contribution in [-0.4, -0.2) is 26.0 Å². The van der Waals surface area contributed by atoms with Gasteiger partial charge in [-0.15, -0.1) is 0 Å². The highest BCUT2D eigenvalue weighted by Gasteiger charge is 2.35. The van der Waals surface area contributed by atoms with Crippen molar-refractivity contribution >= 4 is 21.8 Å². The number of aromatic hydroxyl groups is 1. The minimum atomic E-state index is -3.93. The Balaban J connectivity index is 1.96. The number of hydrogen-bond donors (Lipinski definition) is 2. The van der Waals surface area contributed by atoms with Gasteiger partial charge in [-0.3, -0.25) is 4.79 Å². The summed E-state index contributed by atoms with van der Waals surface area (Å²) in [5, 5.41) is 10.3. The van der Waals surface area contributed by atoms with Crippen molar-refractivity contribution in [1.29, 1.82) is 0 Å². The van der Waals surface area contributed by atoms with Crippen LogP contribution >= 0.6 is 0 Å². The Morgan fingerprint density at radius 1 is 1.21 bits per heavy atom. The highest BCUT2D eigenvalue weighted by Crippen LogP contribution is 2.35. The van der Waals surface area contributed by atoms with Gasteiger partial charge in [0.1, 0.15) is 12.3 Å². The number of benzene rings is 2. The average molecular weight is 346 g/mol. The standard InChI is InChI=1S/C17H18N2O4S/c1-11-5-3-4-6-14(11)12(2)13-7-8-15(16(20)9-13)19-10-17(21)18-24(19,22)23/h3-9,12,20H,10H2,1-2H3,(H,18,21). The van der Waals surface area contributed by atoms with Crippen LogP contribution in [-0.2, 0) is 15.0 Å². The van der Waals surface area contributed by atoms with Gasteiger partial charge < -0.3 is 5.11 Å². The zero-order valence-electron chi connectivity index (χ0n) is 13.4. The lowest BCUT2D eigenvalue weighted by molar-refractivity contribution is -0.117. The topological polar surface area (TPSA) is 86.7 Å². The number of phenols is 1. The Labute approximate surface area is 140 Å². The first-order valence-electron chi connectivity index (χ1n) is 7.51. The number of phenolic OH excluding ortho intramolecular Hbond substituents is 1. The van der Waals surface area contributed by atoms with E-state index in [9.17, 15) is 18.3 Å². The molecule has 1 aliphatic rings. The molecule has 1 atom stereocenters. The normalized spacial score (nSPS) is 17.6. The zero-order chi connectivity index (χ0) is 17.5. The van der Waals surface area contributed by atoms with E-state index in [0.29, 0.717) is 0 Å². The van der Waals surface area contributed by atoms with E-state index in [-0.39, 0.29) is 23.9 Å². The van der Waals surface area contributed by atoms with Crippen molar-refractivity contribution in [1.82, 2.24) is 4.72 Å². The van der Waals surface area contributed by atoms with Gasteiger partial charge in [0.05, 0.1) is 5.69 Å². The Bertz CT molecular complexity index is 909. The average Bonchev–Trinajstić information content (AvgIpc) is 2.79. The van der Waals surface area contributed by atoms with E-state index in [2.05, 4.69) is 0 Å². The minimum absolute atomic E-state index is 0.0427. The van der Waals surface area contributed by atoms with Crippen LogP contribution in [0.1, 0.15) is 29.5 Å². The van der Waals surface area contributed by atoms with Gasteiger partial charge in [0, 0.05) is 5.92 Å². The van der Waals surface area contributed by atoms with E-state index in [0.717, 1.165) is 21.0 Å². The highest BCUT2D eigenvalue weighted by molar-refractivity contribution is 7.92. The first kappa shape index (κ1) is 16.3. The third-order valence-electron chi connectivity index (χ3n) is 4.24. The Hall–Kier alpha value is -2.54. The van der Waals surface area contributed by atoms with Crippen LogP contribution in [0.15, 0.2) is 42.5 Å². The van der Waals surface area contributed by atoms with Crippen LogP contribution in [0.5, 0.6) is 5.75 Å². The second-order valence-corrected chi connectivity index (χ2v) is 7.46. The molecule has 0 aliphatic carbocycles. The molecular formula is C17H18N2O4S. The number of anilines is 1. The number of nitrogens with one attached hydrogen (secondary N) is 1. The molecule has 2 aromatic carbocycles. The van der Waals surface area contributed by atoms with Crippen molar-refractivity contribution in [2.24, 2.45) is 0 Å². The van der Waals surface area contributed by atoms with Gasteiger partial charge >= 0.3 is 10.2 Å². The third kappa shape index (κ3) is 2.82. The molecule has 0 bridgehead atoms. The summed E-state index contributed by atoms with van der Waals surface area (Å²) in [5.74, 6) is -0.749. The molecule has 0 radical (unpaired) electrons. The Morgan fingerprint density at radius 2 is 1.92 bits per heavy atom. The third-order valence-corrected chi connectivity index (χ3v) is 5.63. The van der Waals surface area contributed by atoms with Gasteiger partial charge in [-0.1, -0.05) is 37.3 Å². The molecule has 1 saturated heterocycles. The van der Waals surface area contributed by atoms with E-state index >= 15 is 0 Å². The molecule has 6 nitrogen and oxygen atoms in total. The van der Waals surface area contributed by atoms with Gasteiger partial charge in [-0.25, -0.2) is 9.03 Å². The lowest BCUT2D eigenvalue weighted by Crippen LogP contribution is -2.29. The van der Waals surface area contributed by atoms with Crippen molar-refractivity contribution in [3.05, 3.63) is 59.2 Å². The number of hydrogen-bond acceptors (Lipinski definition) is 4. The molecule has 1 heterocycles. The SMILES string of the molecule is Cc1ccccc1C(C)c1ccc(N2CC(=O)NS2(=O)=O)c(O)c1. The fourth-order valence-corrected chi connectivity index (χ4v) is 4.10. The quantitative estimate of drug-likeness (QED) is 0.890. The first-order valence-corrected chi connectivity index (χ1v) is 8.95. The van der Waals surface area contributed by atoms with Gasteiger partial charge in [-0.05, 0) is 35.7 Å². The van der Waals surface area contributed by atoms with E-state index in [1.165, 1.54) is 6.07 Å². The van der Waals surface area contributed by atoms with Crippen molar-refractivity contribution in [2.75, 3.05) is 10.8 Å². The van der Waals surface area contributed by atoms with Crippen LogP contribution < -0.4 is 9.03 Å². The summed E-state index contributed by atoms with van der Waals surface area (Å²) in [6.45, 7) is 3.71. The molecular weight excluding hydrogens is 328 g/mol. The molecule has 1 unspecified atom stereocenters. The maximum atomic E-state index is 11.9. The summed E-state index contributed by atoms with van der Waals surface area (Å²) in [7, 11) is -3.93. The smallest absolute Gasteiger partial charge is 0.326 e. The Morgan fingerprint density at radius 3 is 2.50 bits per heavy atom. The summed E-state index contributed by atoms with van der Waals surface area (Å²) in [4.78, 5) is 11.3. The lowest BCUT2D eigenvalue weighted by Gasteiger charge is -2.19. The van der Waals surface area contributed by atoms with E-state index in [1.807, 2.05) is 42.8 Å². The fourth-order valence-electron chi connectivity index (χ4n) is 2.93.